The van der Waals surface area contributed by atoms with Gasteiger partial charge in [0.1, 0.15) is 23.4 Å². The molecule has 9 nitrogen and oxygen atoms in total. The van der Waals surface area contributed by atoms with Crippen LogP contribution >= 0.6 is 23.2 Å². The number of benzene rings is 2. The fourth-order valence-corrected chi connectivity index (χ4v) is 6.59. The first kappa shape index (κ1) is 35.2. The first-order valence-electron chi connectivity index (χ1n) is 15.7. The minimum absolute atomic E-state index is 0.0256. The van der Waals surface area contributed by atoms with Crippen molar-refractivity contribution in [3.63, 3.8) is 0 Å². The van der Waals surface area contributed by atoms with Crippen LogP contribution in [-0.2, 0) is 38.4 Å². The Hall–Kier alpha value is -3.63. The first-order chi connectivity index (χ1) is 21.8. The molecule has 5 atom stereocenters. The highest BCUT2D eigenvalue weighted by atomic mass is 35.5. The van der Waals surface area contributed by atoms with Crippen molar-refractivity contribution in [2.24, 2.45) is 17.6 Å². The van der Waals surface area contributed by atoms with E-state index < -0.39 is 47.1 Å². The van der Waals surface area contributed by atoms with E-state index >= 15 is 0 Å². The van der Waals surface area contributed by atoms with E-state index in [9.17, 15) is 23.6 Å². The molecule has 46 heavy (non-hydrogen) atoms. The third-order valence-corrected chi connectivity index (χ3v) is 9.81. The molecule has 12 heteroatoms. The smallest absolute Gasteiger partial charge is 0.246 e. The second-order valence-electron chi connectivity index (χ2n) is 12.4. The second-order valence-corrected chi connectivity index (χ2v) is 13.2. The molecule has 1 aromatic heterocycles. The number of amides is 4. The van der Waals surface area contributed by atoms with Gasteiger partial charge < -0.3 is 26.7 Å². The monoisotopic (exact) mass is 673 g/mol. The van der Waals surface area contributed by atoms with E-state index in [0.29, 0.717) is 40.4 Å². The Morgan fingerprint density at radius 3 is 2.35 bits per heavy atom. The van der Waals surface area contributed by atoms with Gasteiger partial charge in [0, 0.05) is 28.9 Å². The highest BCUT2D eigenvalue weighted by Crippen LogP contribution is 2.38. The van der Waals surface area contributed by atoms with Crippen molar-refractivity contribution in [2.75, 3.05) is 0 Å². The van der Waals surface area contributed by atoms with E-state index in [2.05, 4.69) is 20.9 Å². The Labute approximate surface area is 278 Å². The number of halogens is 3. The van der Waals surface area contributed by atoms with Gasteiger partial charge in [-0.15, -0.1) is 0 Å². The van der Waals surface area contributed by atoms with Crippen LogP contribution in [-0.4, -0.2) is 46.2 Å². The van der Waals surface area contributed by atoms with Gasteiger partial charge in [0.15, 0.2) is 0 Å². The van der Waals surface area contributed by atoms with E-state index in [1.165, 1.54) is 6.07 Å². The number of aromatic amines is 1. The summed E-state index contributed by atoms with van der Waals surface area (Å²) in [6.45, 7) is 7.44. The van der Waals surface area contributed by atoms with Crippen LogP contribution in [0.25, 0.3) is 10.9 Å². The van der Waals surface area contributed by atoms with Gasteiger partial charge in [-0.05, 0) is 60.4 Å². The summed E-state index contributed by atoms with van der Waals surface area (Å²) in [5.74, 6) is -3.12. The zero-order valence-electron chi connectivity index (χ0n) is 26.6. The molecule has 0 radical (unpaired) electrons. The summed E-state index contributed by atoms with van der Waals surface area (Å²) in [7, 11) is 0. The SMILES string of the molecule is CCC(C)C(NC(=O)C1(NC(=O)C(NC(=O)CCc2ccccc2F)C(C)CC)CCc2[nH]c3c(Cl)cc(Cl)cc3c2C1)C(N)=O. The topological polar surface area (TPSA) is 146 Å². The van der Waals surface area contributed by atoms with Crippen LogP contribution in [0.5, 0.6) is 0 Å². The van der Waals surface area contributed by atoms with Crippen LogP contribution in [0, 0.1) is 17.7 Å². The number of hydrogen-bond donors (Lipinski definition) is 5. The average molecular weight is 675 g/mol. The molecule has 0 saturated carbocycles. The van der Waals surface area contributed by atoms with Crippen LogP contribution in [0.4, 0.5) is 4.39 Å². The normalized spacial score (nSPS) is 18.6. The fourth-order valence-electron chi connectivity index (χ4n) is 6.05. The Balaban J connectivity index is 1.66. The number of aromatic nitrogens is 1. The molecule has 4 rings (SSSR count). The molecule has 5 unspecified atom stereocenters. The Kier molecular flexibility index (Phi) is 11.4. The third-order valence-electron chi connectivity index (χ3n) is 9.30. The standard InChI is InChI=1S/C34H42Cl2FN5O4/c1-5-18(3)28(31(38)44)41-33(46)34(14-13-26-23(17-34)22-15-21(35)16-24(36)30(22)39-26)42-32(45)29(19(4)6-2)40-27(43)12-11-20-9-7-8-10-25(20)37/h7-10,15-16,18-19,28-29,39H,5-6,11-14,17H2,1-4H3,(H2,38,44)(H,40,43)(H,41,46)(H,42,45). The molecule has 4 amide bonds. The number of nitrogens with two attached hydrogens (primary N) is 1. The molecule has 1 aliphatic rings. The van der Waals surface area contributed by atoms with Crippen molar-refractivity contribution in [1.29, 1.82) is 0 Å². The van der Waals surface area contributed by atoms with Crippen molar-refractivity contribution in [3.05, 3.63) is 69.1 Å². The molecule has 3 aromatic rings. The van der Waals surface area contributed by atoms with Crippen LogP contribution in [0.1, 0.15) is 70.2 Å². The van der Waals surface area contributed by atoms with Crippen molar-refractivity contribution >= 4 is 57.7 Å². The van der Waals surface area contributed by atoms with Gasteiger partial charge in [-0.25, -0.2) is 4.39 Å². The van der Waals surface area contributed by atoms with Gasteiger partial charge in [0.2, 0.25) is 23.6 Å². The molecule has 6 N–H and O–H groups in total. The van der Waals surface area contributed by atoms with Crippen LogP contribution in [0.3, 0.4) is 0 Å². The van der Waals surface area contributed by atoms with Crippen molar-refractivity contribution in [2.45, 2.75) is 90.3 Å². The highest BCUT2D eigenvalue weighted by Gasteiger charge is 2.46. The minimum Gasteiger partial charge on any atom is -0.368 e. The molecule has 1 aliphatic carbocycles. The maximum Gasteiger partial charge on any atom is 0.246 e. The fraction of sp³-hybridized carbons (Fsp3) is 0.471. The molecule has 248 valence electrons. The lowest BCUT2D eigenvalue weighted by atomic mass is 9.78. The second kappa shape index (κ2) is 14.9. The van der Waals surface area contributed by atoms with Gasteiger partial charge in [-0.1, -0.05) is 81.9 Å². The van der Waals surface area contributed by atoms with Gasteiger partial charge >= 0.3 is 0 Å². The van der Waals surface area contributed by atoms with Crippen LogP contribution < -0.4 is 21.7 Å². The molecule has 2 aromatic carbocycles. The number of H-pyrrole nitrogens is 1. The largest absolute Gasteiger partial charge is 0.368 e. The Bertz CT molecular complexity index is 1630. The van der Waals surface area contributed by atoms with E-state index in [1.807, 2.05) is 27.7 Å². The lowest BCUT2D eigenvalue weighted by Gasteiger charge is -2.39. The van der Waals surface area contributed by atoms with E-state index in [4.69, 9.17) is 28.9 Å². The predicted octanol–water partition coefficient (Wildman–Crippen LogP) is 5.14. The summed E-state index contributed by atoms with van der Waals surface area (Å²) < 4.78 is 14.1. The van der Waals surface area contributed by atoms with Crippen molar-refractivity contribution in [3.8, 4) is 0 Å². The zero-order valence-corrected chi connectivity index (χ0v) is 28.1. The molecule has 0 bridgehead atoms. The molecular weight excluding hydrogens is 632 g/mol. The average Bonchev–Trinajstić information content (AvgIpc) is 3.38. The summed E-state index contributed by atoms with van der Waals surface area (Å²) in [6.07, 6.45) is 1.96. The summed E-state index contributed by atoms with van der Waals surface area (Å²) in [5.41, 5.74) is 6.93. The lowest BCUT2D eigenvalue weighted by Crippen LogP contribution is -2.67. The van der Waals surface area contributed by atoms with Crippen LogP contribution in [0.2, 0.25) is 10.0 Å². The summed E-state index contributed by atoms with van der Waals surface area (Å²) in [4.78, 5) is 57.2. The molecule has 0 fully saturated rings. The first-order valence-corrected chi connectivity index (χ1v) is 16.5. The van der Waals surface area contributed by atoms with E-state index in [-0.39, 0.29) is 37.5 Å². The number of hydrogen-bond acceptors (Lipinski definition) is 4. The van der Waals surface area contributed by atoms with Gasteiger partial charge in [-0.2, -0.15) is 0 Å². The van der Waals surface area contributed by atoms with Gasteiger partial charge in [0.05, 0.1) is 10.5 Å². The van der Waals surface area contributed by atoms with Gasteiger partial charge in [-0.3, -0.25) is 19.2 Å². The number of fused-ring (bicyclic) bond motifs is 3. The third kappa shape index (κ3) is 7.66. The molecular formula is C34H42Cl2FN5O4. The maximum absolute atomic E-state index is 14.2. The number of rotatable bonds is 13. The Morgan fingerprint density at radius 2 is 1.70 bits per heavy atom. The number of carbonyl (C=O) groups is 4. The van der Waals surface area contributed by atoms with E-state index in [1.54, 1.807) is 30.3 Å². The zero-order chi connectivity index (χ0) is 33.8. The van der Waals surface area contributed by atoms with Crippen LogP contribution in [0.15, 0.2) is 36.4 Å². The number of carbonyl (C=O) groups excluding carboxylic acids is 4. The molecule has 0 aliphatic heterocycles. The summed E-state index contributed by atoms with van der Waals surface area (Å²) in [5, 5.41) is 10.2. The van der Waals surface area contributed by atoms with E-state index in [0.717, 1.165) is 16.6 Å². The number of primary amides is 1. The summed E-state index contributed by atoms with van der Waals surface area (Å²) >= 11 is 12.8. The maximum atomic E-state index is 14.2. The highest BCUT2D eigenvalue weighted by molar-refractivity contribution is 6.38. The summed E-state index contributed by atoms with van der Waals surface area (Å²) in [6, 6.07) is 7.69. The minimum atomic E-state index is -1.49. The quantitative estimate of drug-likeness (QED) is 0.171. The number of aryl methyl sites for hydroxylation is 2. The Morgan fingerprint density at radius 1 is 1.02 bits per heavy atom. The molecule has 1 heterocycles. The van der Waals surface area contributed by atoms with Crippen molar-refractivity contribution < 1.29 is 23.6 Å². The van der Waals surface area contributed by atoms with Gasteiger partial charge in [0.25, 0.3) is 0 Å². The lowest BCUT2D eigenvalue weighted by molar-refractivity contribution is -0.138. The predicted molar refractivity (Wildman–Crippen MR) is 178 cm³/mol. The van der Waals surface area contributed by atoms with Crippen molar-refractivity contribution in [1.82, 2.24) is 20.9 Å². The molecule has 0 spiro atoms. The number of nitrogens with one attached hydrogen (secondary N) is 4. The molecule has 0 saturated heterocycles.